The highest BCUT2D eigenvalue weighted by atomic mass is 16.5. The molecule has 1 aliphatic rings. The van der Waals surface area contributed by atoms with Gasteiger partial charge in [0.05, 0.1) is 7.11 Å². The molecule has 4 aromatic carbocycles. The van der Waals surface area contributed by atoms with Crippen LogP contribution < -0.4 is 10.6 Å². The van der Waals surface area contributed by atoms with E-state index in [1.165, 1.54) is 7.11 Å². The van der Waals surface area contributed by atoms with E-state index in [0.717, 1.165) is 44.3 Å². The van der Waals surface area contributed by atoms with Gasteiger partial charge in [0.1, 0.15) is 18.7 Å². The number of benzene rings is 4. The zero-order valence-corrected chi connectivity index (χ0v) is 26.0. The largest absolute Gasteiger partial charge is 0.480 e. The van der Waals surface area contributed by atoms with Crippen molar-refractivity contribution in [3.8, 4) is 11.1 Å². The van der Waals surface area contributed by atoms with Crippen LogP contribution in [0.15, 0.2) is 109 Å². The van der Waals surface area contributed by atoms with Gasteiger partial charge in [0.2, 0.25) is 0 Å². The van der Waals surface area contributed by atoms with Crippen LogP contribution in [-0.2, 0) is 31.9 Å². The molecule has 0 aliphatic heterocycles. The Balaban J connectivity index is 1.17. The van der Waals surface area contributed by atoms with Crippen LogP contribution in [0, 0.1) is 0 Å². The predicted molar refractivity (Wildman–Crippen MR) is 179 cm³/mol. The van der Waals surface area contributed by atoms with Crippen LogP contribution in [0.2, 0.25) is 0 Å². The Morgan fingerprint density at radius 3 is 2.13 bits per heavy atom. The molecule has 47 heavy (non-hydrogen) atoms. The summed E-state index contributed by atoms with van der Waals surface area (Å²) in [6.07, 6.45) is 1.78. The van der Waals surface area contributed by atoms with E-state index < -0.39 is 36.2 Å². The zero-order valence-electron chi connectivity index (χ0n) is 26.0. The fourth-order valence-electron chi connectivity index (χ4n) is 6.55. The summed E-state index contributed by atoms with van der Waals surface area (Å²) in [7, 11) is 1.33. The average molecular weight is 632 g/mol. The summed E-state index contributed by atoms with van der Waals surface area (Å²) in [6, 6.07) is 30.9. The van der Waals surface area contributed by atoms with Gasteiger partial charge in [-0.1, -0.05) is 97.1 Å². The smallest absolute Gasteiger partial charge is 0.407 e. The molecule has 0 radical (unpaired) electrons. The van der Waals surface area contributed by atoms with Gasteiger partial charge < -0.3 is 30.2 Å². The van der Waals surface area contributed by atoms with Crippen LogP contribution in [-0.4, -0.2) is 60.0 Å². The molecule has 0 fully saturated rings. The van der Waals surface area contributed by atoms with Crippen molar-refractivity contribution in [2.45, 2.75) is 43.3 Å². The highest BCUT2D eigenvalue weighted by molar-refractivity contribution is 5.85. The van der Waals surface area contributed by atoms with E-state index in [9.17, 15) is 19.5 Å². The van der Waals surface area contributed by atoms with E-state index in [1.807, 2.05) is 97.2 Å². The van der Waals surface area contributed by atoms with Gasteiger partial charge in [0.25, 0.3) is 0 Å². The molecule has 0 bridgehead atoms. The van der Waals surface area contributed by atoms with Crippen LogP contribution in [0.5, 0.6) is 0 Å². The lowest BCUT2D eigenvalue weighted by Crippen LogP contribution is -2.51. The number of alkyl carbamates (subject to hydrolysis) is 1. The Hall–Kier alpha value is -5.41. The Labute approximate surface area is 272 Å². The number of carboxylic acids is 1. The number of fused-ring (bicyclic) bond motifs is 4. The first-order valence-electron chi connectivity index (χ1n) is 15.7. The van der Waals surface area contributed by atoms with E-state index in [2.05, 4.69) is 27.8 Å². The third-order valence-electron chi connectivity index (χ3n) is 8.80. The van der Waals surface area contributed by atoms with Crippen molar-refractivity contribution in [2.75, 3.05) is 13.7 Å². The molecule has 0 saturated heterocycles. The first-order valence-corrected chi connectivity index (χ1v) is 15.7. The minimum atomic E-state index is -1.28. The summed E-state index contributed by atoms with van der Waals surface area (Å²) in [5.74, 6) is -1.83. The van der Waals surface area contributed by atoms with Gasteiger partial charge in [-0.25, -0.2) is 9.59 Å². The van der Waals surface area contributed by atoms with Crippen molar-refractivity contribution < 1.29 is 29.0 Å². The third kappa shape index (κ3) is 7.21. The number of carbonyl (C=O) groups excluding carboxylic acids is 2. The second-order valence-electron chi connectivity index (χ2n) is 11.8. The van der Waals surface area contributed by atoms with Gasteiger partial charge >= 0.3 is 18.0 Å². The Kier molecular flexibility index (Phi) is 9.64. The molecule has 5 aromatic rings. The number of methoxy groups -OCH3 is 1. The lowest BCUT2D eigenvalue weighted by atomic mass is 9.96. The van der Waals surface area contributed by atoms with Crippen LogP contribution in [0.25, 0.3) is 22.0 Å². The van der Waals surface area contributed by atoms with Crippen LogP contribution >= 0.6 is 0 Å². The first kappa shape index (κ1) is 31.6. The number of hydrogen-bond acceptors (Lipinski definition) is 6. The van der Waals surface area contributed by atoms with Crippen molar-refractivity contribution in [1.29, 1.82) is 0 Å². The molecule has 1 heterocycles. The Morgan fingerprint density at radius 2 is 1.45 bits per heavy atom. The molecule has 4 N–H and O–H groups in total. The summed E-state index contributed by atoms with van der Waals surface area (Å²) in [5, 5.41) is 17.1. The molecule has 2 unspecified atom stereocenters. The number of H-pyrrole nitrogens is 1. The van der Waals surface area contributed by atoms with E-state index in [-0.39, 0.29) is 18.9 Å². The van der Waals surface area contributed by atoms with Gasteiger partial charge in [0.15, 0.2) is 0 Å². The van der Waals surface area contributed by atoms with E-state index in [4.69, 9.17) is 9.47 Å². The van der Waals surface area contributed by atoms with Crippen molar-refractivity contribution in [1.82, 2.24) is 15.6 Å². The number of aromatic amines is 1. The maximum Gasteiger partial charge on any atom is 0.407 e. The molecule has 9 heteroatoms. The molecule has 1 amide bonds. The number of ether oxygens (including phenoxy) is 2. The lowest BCUT2D eigenvalue weighted by molar-refractivity contribution is -0.143. The summed E-state index contributed by atoms with van der Waals surface area (Å²) in [6.45, 7) is 0.0624. The van der Waals surface area contributed by atoms with Gasteiger partial charge in [-0.2, -0.15) is 0 Å². The number of esters is 1. The first-order chi connectivity index (χ1) is 22.9. The summed E-state index contributed by atoms with van der Waals surface area (Å²) in [5.41, 5.74) is 7.15. The molecule has 1 aliphatic carbocycles. The normalized spacial score (nSPS) is 14.1. The van der Waals surface area contributed by atoms with Crippen LogP contribution in [0.3, 0.4) is 0 Å². The maximum atomic E-state index is 13.1. The number of aliphatic carboxylic acids is 1. The van der Waals surface area contributed by atoms with Gasteiger partial charge in [-0.15, -0.1) is 0 Å². The third-order valence-corrected chi connectivity index (χ3v) is 8.80. The Bertz CT molecular complexity index is 1820. The number of para-hydroxylation sites is 1. The van der Waals surface area contributed by atoms with Crippen molar-refractivity contribution in [3.63, 3.8) is 0 Å². The molecule has 1 aromatic heterocycles. The quantitative estimate of drug-likeness (QED) is 0.120. The average Bonchev–Trinajstić information content (AvgIpc) is 3.65. The predicted octanol–water partition coefficient (Wildman–Crippen LogP) is 5.83. The maximum absolute atomic E-state index is 13.1. The number of hydrogen-bond donors (Lipinski definition) is 4. The highest BCUT2D eigenvalue weighted by Crippen LogP contribution is 2.44. The fourth-order valence-corrected chi connectivity index (χ4v) is 6.55. The van der Waals surface area contributed by atoms with Crippen LogP contribution in [0.1, 0.15) is 34.6 Å². The summed E-state index contributed by atoms with van der Waals surface area (Å²) >= 11 is 0. The monoisotopic (exact) mass is 631 g/mol. The SMILES string of the molecule is COC(=O)[C@H](Cc1c[nH]c2ccccc12)NC(Cc1ccccc1)CC(NC(=O)OCC1c2ccccc2-c2ccccc21)C(=O)O. The molecule has 6 rings (SSSR count). The topological polar surface area (TPSA) is 130 Å². The van der Waals surface area contributed by atoms with E-state index in [0.29, 0.717) is 12.8 Å². The molecule has 0 spiro atoms. The summed E-state index contributed by atoms with van der Waals surface area (Å²) in [4.78, 5) is 41.9. The molecular formula is C38H37N3O6. The highest BCUT2D eigenvalue weighted by Gasteiger charge is 2.32. The van der Waals surface area contributed by atoms with E-state index in [1.54, 1.807) is 0 Å². The number of rotatable bonds is 13. The standard InChI is InChI=1S/C38H37N3O6/c1-46-37(44)35(20-25-22-39-33-18-10-9-13-27(25)33)40-26(19-24-11-3-2-4-12-24)21-34(36(42)43)41-38(45)47-23-32-30-16-7-5-14-28(30)29-15-6-8-17-31(29)32/h2-18,22,26,32,34-35,39-40H,19-21,23H2,1H3,(H,41,45)(H,42,43)/t26?,34?,35-/m0/s1. The number of amides is 1. The number of carboxylic acid groups (broad SMARTS) is 1. The van der Waals surface area contributed by atoms with E-state index >= 15 is 0 Å². The van der Waals surface area contributed by atoms with Crippen LogP contribution in [0.4, 0.5) is 4.79 Å². The second-order valence-corrected chi connectivity index (χ2v) is 11.8. The molecule has 9 nitrogen and oxygen atoms in total. The molecular weight excluding hydrogens is 594 g/mol. The van der Waals surface area contributed by atoms with Crippen molar-refractivity contribution >= 4 is 28.9 Å². The number of nitrogens with one attached hydrogen (secondary N) is 3. The fraction of sp³-hybridized carbons (Fsp3) is 0.237. The minimum absolute atomic E-state index is 0.00416. The number of aromatic nitrogens is 1. The molecule has 0 saturated carbocycles. The van der Waals surface area contributed by atoms with Crippen molar-refractivity contribution in [2.24, 2.45) is 0 Å². The molecule has 240 valence electrons. The van der Waals surface area contributed by atoms with Crippen molar-refractivity contribution in [3.05, 3.63) is 132 Å². The lowest BCUT2D eigenvalue weighted by Gasteiger charge is -2.27. The van der Waals surface area contributed by atoms with Gasteiger partial charge in [0, 0.05) is 35.5 Å². The minimum Gasteiger partial charge on any atom is -0.480 e. The van der Waals surface area contributed by atoms with Gasteiger partial charge in [-0.3, -0.25) is 4.79 Å². The molecule has 3 atom stereocenters. The number of carbonyl (C=O) groups is 3. The van der Waals surface area contributed by atoms with Gasteiger partial charge in [-0.05, 0) is 52.3 Å². The Morgan fingerprint density at radius 1 is 0.809 bits per heavy atom. The summed E-state index contributed by atoms with van der Waals surface area (Å²) < 4.78 is 10.8. The second kappa shape index (κ2) is 14.3. The zero-order chi connectivity index (χ0) is 32.8.